The summed E-state index contributed by atoms with van der Waals surface area (Å²) in [6, 6.07) is 0. The molecule has 0 saturated carbocycles. The van der Waals surface area contributed by atoms with E-state index in [-0.39, 0.29) is 12.3 Å². The highest BCUT2D eigenvalue weighted by atomic mass is 16.6. The molecule has 1 aliphatic rings. The van der Waals surface area contributed by atoms with Gasteiger partial charge in [-0.25, -0.2) is 0 Å². The van der Waals surface area contributed by atoms with Gasteiger partial charge in [-0.1, -0.05) is 0 Å². The Balaban J connectivity index is 2.18. The van der Waals surface area contributed by atoms with Crippen molar-refractivity contribution in [3.63, 3.8) is 0 Å². The Morgan fingerprint density at radius 3 is 2.56 bits per heavy atom. The fourth-order valence-corrected chi connectivity index (χ4v) is 0.766. The van der Waals surface area contributed by atoms with Crippen LogP contribution in [0.1, 0.15) is 6.92 Å². The first-order chi connectivity index (χ1) is 4.33. The van der Waals surface area contributed by atoms with Gasteiger partial charge in [0.1, 0.15) is 6.23 Å². The lowest BCUT2D eigenvalue weighted by Gasteiger charge is -2.26. The lowest BCUT2D eigenvalue weighted by molar-refractivity contribution is -0.134. The summed E-state index contributed by atoms with van der Waals surface area (Å²) < 4.78 is 10.6. The van der Waals surface area contributed by atoms with E-state index in [1.54, 1.807) is 0 Å². The van der Waals surface area contributed by atoms with Crippen molar-refractivity contribution in [3.8, 4) is 0 Å². The van der Waals surface area contributed by atoms with Gasteiger partial charge in [0.15, 0.2) is 0 Å². The minimum absolute atomic E-state index is 0.0983. The average Bonchev–Trinajstić information content (AvgIpc) is 1.90. The zero-order valence-electron chi connectivity index (χ0n) is 5.89. The van der Waals surface area contributed by atoms with E-state index < -0.39 is 0 Å². The summed E-state index contributed by atoms with van der Waals surface area (Å²) in [5.41, 5.74) is 0. The predicted molar refractivity (Wildman–Crippen MR) is 34.2 cm³/mol. The number of hydrogen-bond acceptors (Lipinski definition) is 3. The fraction of sp³-hybridized carbons (Fsp3) is 1.00. The molecule has 1 rings (SSSR count). The fourth-order valence-electron chi connectivity index (χ4n) is 0.766. The van der Waals surface area contributed by atoms with Crippen LogP contribution in [0.15, 0.2) is 0 Å². The molecule has 9 heavy (non-hydrogen) atoms. The van der Waals surface area contributed by atoms with Crippen molar-refractivity contribution in [2.45, 2.75) is 19.3 Å². The van der Waals surface area contributed by atoms with Gasteiger partial charge in [-0.2, -0.15) is 0 Å². The molecule has 0 bridgehead atoms. The maximum Gasteiger partial charge on any atom is 0.131 e. The normalized spacial score (nSPS) is 36.7. The van der Waals surface area contributed by atoms with Crippen molar-refractivity contribution in [1.82, 2.24) is 5.32 Å². The number of hydrogen-bond donors (Lipinski definition) is 1. The van der Waals surface area contributed by atoms with E-state index in [9.17, 15) is 0 Å². The van der Waals surface area contributed by atoms with E-state index in [2.05, 4.69) is 5.32 Å². The molecule has 3 heteroatoms. The van der Waals surface area contributed by atoms with E-state index in [1.807, 2.05) is 14.0 Å². The van der Waals surface area contributed by atoms with Gasteiger partial charge in [0.25, 0.3) is 0 Å². The van der Waals surface area contributed by atoms with Crippen LogP contribution in [0, 0.1) is 0 Å². The Labute approximate surface area is 55.3 Å². The van der Waals surface area contributed by atoms with Crippen LogP contribution >= 0.6 is 0 Å². The predicted octanol–water partition coefficient (Wildman–Crippen LogP) is -0.0328. The second-order valence-electron chi connectivity index (χ2n) is 2.25. The molecule has 0 amide bonds. The second-order valence-corrected chi connectivity index (χ2v) is 2.25. The Morgan fingerprint density at radius 2 is 2.11 bits per heavy atom. The molecule has 0 aromatic rings. The van der Waals surface area contributed by atoms with E-state index >= 15 is 0 Å². The highest BCUT2D eigenvalue weighted by Crippen LogP contribution is 2.02. The smallest absolute Gasteiger partial charge is 0.131 e. The Bertz CT molecular complexity index is 79.1. The van der Waals surface area contributed by atoms with Gasteiger partial charge >= 0.3 is 0 Å². The zero-order chi connectivity index (χ0) is 6.69. The van der Waals surface area contributed by atoms with Gasteiger partial charge in [-0.3, -0.25) is 5.32 Å². The lowest BCUT2D eigenvalue weighted by atomic mass is 10.4. The van der Waals surface area contributed by atoms with Crippen molar-refractivity contribution in [1.29, 1.82) is 0 Å². The summed E-state index contributed by atoms with van der Waals surface area (Å²) in [5, 5.41) is 2.98. The number of ether oxygens (including phenoxy) is 2. The Hall–Kier alpha value is -0.120. The minimum atomic E-state index is 0.0983. The molecule has 1 aliphatic heterocycles. The van der Waals surface area contributed by atoms with Gasteiger partial charge in [0, 0.05) is 0 Å². The van der Waals surface area contributed by atoms with Crippen molar-refractivity contribution in [2.24, 2.45) is 0 Å². The maximum atomic E-state index is 5.30. The average molecular weight is 131 g/mol. The summed E-state index contributed by atoms with van der Waals surface area (Å²) >= 11 is 0. The van der Waals surface area contributed by atoms with Gasteiger partial charge in [-0.05, 0) is 14.0 Å². The quantitative estimate of drug-likeness (QED) is 0.542. The van der Waals surface area contributed by atoms with Crippen LogP contribution in [0.2, 0.25) is 0 Å². The Morgan fingerprint density at radius 1 is 1.33 bits per heavy atom. The molecule has 0 spiro atoms. The summed E-state index contributed by atoms with van der Waals surface area (Å²) in [6.07, 6.45) is 0.357. The molecule has 1 fully saturated rings. The first-order valence-corrected chi connectivity index (χ1v) is 3.23. The third kappa shape index (κ3) is 1.93. The van der Waals surface area contributed by atoms with Crippen LogP contribution in [-0.2, 0) is 9.47 Å². The molecule has 1 heterocycles. The first kappa shape index (κ1) is 6.99. The summed E-state index contributed by atoms with van der Waals surface area (Å²) in [5.74, 6) is 0. The molecule has 0 radical (unpaired) electrons. The molecule has 2 atom stereocenters. The molecule has 1 saturated heterocycles. The van der Waals surface area contributed by atoms with Crippen molar-refractivity contribution in [3.05, 3.63) is 0 Å². The van der Waals surface area contributed by atoms with E-state index in [0.29, 0.717) is 13.2 Å². The summed E-state index contributed by atoms with van der Waals surface area (Å²) in [4.78, 5) is 0. The van der Waals surface area contributed by atoms with Gasteiger partial charge in [0.05, 0.1) is 19.3 Å². The second kappa shape index (κ2) is 3.15. The number of likely N-dealkylation sites (N-methyl/N-ethyl adjacent to an activating group) is 1. The summed E-state index contributed by atoms with van der Waals surface area (Å²) in [6.45, 7) is 3.37. The molecule has 0 aromatic heterocycles. The lowest BCUT2D eigenvalue weighted by Crippen LogP contribution is -2.41. The largest absolute Gasteiger partial charge is 0.372 e. The molecule has 3 nitrogen and oxygen atoms in total. The van der Waals surface area contributed by atoms with E-state index in [1.165, 1.54) is 0 Å². The molecule has 0 aliphatic carbocycles. The topological polar surface area (TPSA) is 30.5 Å². The first-order valence-electron chi connectivity index (χ1n) is 3.23. The van der Waals surface area contributed by atoms with E-state index in [4.69, 9.17) is 9.47 Å². The van der Waals surface area contributed by atoms with Gasteiger partial charge in [0.2, 0.25) is 0 Å². The zero-order valence-corrected chi connectivity index (χ0v) is 5.89. The molecule has 54 valence electrons. The molecule has 0 aromatic carbocycles. The van der Waals surface area contributed by atoms with Crippen LogP contribution in [0.4, 0.5) is 0 Å². The van der Waals surface area contributed by atoms with Crippen LogP contribution < -0.4 is 5.32 Å². The van der Waals surface area contributed by atoms with Crippen molar-refractivity contribution >= 4 is 0 Å². The Kier molecular flexibility index (Phi) is 2.45. The maximum absolute atomic E-state index is 5.30. The standard InChI is InChI=1S/C6H13NO2/c1-5-3-9-6(7-2)4-8-5/h5-7H,3-4H2,1-2H3/t5-,6-/m1/s1. The summed E-state index contributed by atoms with van der Waals surface area (Å²) in [7, 11) is 1.87. The highest BCUT2D eigenvalue weighted by molar-refractivity contribution is 4.59. The van der Waals surface area contributed by atoms with E-state index in [0.717, 1.165) is 0 Å². The van der Waals surface area contributed by atoms with Crippen LogP contribution in [-0.4, -0.2) is 32.6 Å². The third-order valence-corrected chi connectivity index (χ3v) is 1.39. The third-order valence-electron chi connectivity index (χ3n) is 1.39. The molecule has 1 N–H and O–H groups in total. The molecular weight excluding hydrogens is 118 g/mol. The number of rotatable bonds is 1. The van der Waals surface area contributed by atoms with Gasteiger partial charge < -0.3 is 9.47 Å². The SMILES string of the molecule is CN[C@H]1CO[C@H](C)CO1. The van der Waals surface area contributed by atoms with Crippen molar-refractivity contribution in [2.75, 3.05) is 20.3 Å². The van der Waals surface area contributed by atoms with Crippen LogP contribution in [0.5, 0.6) is 0 Å². The van der Waals surface area contributed by atoms with Crippen LogP contribution in [0.3, 0.4) is 0 Å². The molecule has 0 unspecified atom stereocenters. The highest BCUT2D eigenvalue weighted by Gasteiger charge is 2.16. The van der Waals surface area contributed by atoms with Crippen molar-refractivity contribution < 1.29 is 9.47 Å². The number of nitrogens with one attached hydrogen (secondary N) is 1. The molecular formula is C6H13NO2. The minimum Gasteiger partial charge on any atom is -0.372 e. The monoisotopic (exact) mass is 131 g/mol. The van der Waals surface area contributed by atoms with Crippen LogP contribution in [0.25, 0.3) is 0 Å². The van der Waals surface area contributed by atoms with Gasteiger partial charge in [-0.15, -0.1) is 0 Å².